The molecule has 0 saturated heterocycles. The van der Waals surface area contributed by atoms with Crippen molar-refractivity contribution in [1.82, 2.24) is 0 Å². The molecule has 0 radical (unpaired) electrons. The Morgan fingerprint density at radius 2 is 0.736 bits per heavy atom. The number of rotatable bonds is 51. The summed E-state index contributed by atoms with van der Waals surface area (Å²) in [6.07, 6.45) is 43.8. The molecule has 6 N–H and O–H groups in total. The number of phosphoric ester groups is 1. The smallest absolute Gasteiger partial charge is 0.462 e. The molecular formula is C58H109O13P. The van der Waals surface area contributed by atoms with Crippen LogP contribution in [0.2, 0.25) is 0 Å². The Labute approximate surface area is 438 Å². The van der Waals surface area contributed by atoms with E-state index < -0.39 is 75.7 Å². The molecule has 0 aromatic rings. The van der Waals surface area contributed by atoms with E-state index in [1.165, 1.54) is 193 Å². The number of hydrogen-bond acceptors (Lipinski definition) is 12. The van der Waals surface area contributed by atoms with Crippen LogP contribution in [-0.2, 0) is 32.7 Å². The Morgan fingerprint density at radius 3 is 1.14 bits per heavy atom. The van der Waals surface area contributed by atoms with Crippen molar-refractivity contribution < 1.29 is 63.1 Å². The molecule has 0 spiro atoms. The minimum absolute atomic E-state index is 0.0408. The topological polar surface area (TPSA) is 210 Å². The lowest BCUT2D eigenvalue weighted by molar-refractivity contribution is -0.220. The maximum Gasteiger partial charge on any atom is 0.472 e. The molecule has 0 aliphatic heterocycles. The summed E-state index contributed by atoms with van der Waals surface area (Å²) in [7, 11) is -5.13. The third-order valence-electron chi connectivity index (χ3n) is 14.0. The van der Waals surface area contributed by atoms with E-state index in [0.717, 1.165) is 38.5 Å². The third-order valence-corrected chi connectivity index (χ3v) is 15.0. The van der Waals surface area contributed by atoms with Gasteiger partial charge < -0.3 is 39.9 Å². The summed E-state index contributed by atoms with van der Waals surface area (Å²) in [5, 5.41) is 50.4. The number of ether oxygens (including phenoxy) is 2. The quantitative estimate of drug-likeness (QED) is 0.0145. The van der Waals surface area contributed by atoms with Gasteiger partial charge in [-0.2, -0.15) is 0 Å². The van der Waals surface area contributed by atoms with E-state index >= 15 is 0 Å². The van der Waals surface area contributed by atoms with E-state index in [2.05, 4.69) is 32.1 Å². The van der Waals surface area contributed by atoms with Gasteiger partial charge in [0.2, 0.25) is 0 Å². The van der Waals surface area contributed by atoms with E-state index in [9.17, 15) is 44.6 Å². The van der Waals surface area contributed by atoms with Gasteiger partial charge in [0.15, 0.2) is 6.10 Å². The van der Waals surface area contributed by atoms with Crippen LogP contribution in [0.4, 0.5) is 0 Å². The zero-order chi connectivity index (χ0) is 52.8. The Balaban J connectivity index is 2.34. The highest BCUT2D eigenvalue weighted by atomic mass is 31.2. The molecule has 72 heavy (non-hydrogen) atoms. The lowest BCUT2D eigenvalue weighted by Gasteiger charge is -2.41. The van der Waals surface area contributed by atoms with E-state index in [1.54, 1.807) is 0 Å². The highest BCUT2D eigenvalue weighted by molar-refractivity contribution is 7.47. The molecular weight excluding hydrogens is 936 g/mol. The molecule has 424 valence electrons. The first-order chi connectivity index (χ1) is 34.9. The first kappa shape index (κ1) is 68.3. The Morgan fingerprint density at radius 1 is 0.417 bits per heavy atom. The summed E-state index contributed by atoms with van der Waals surface area (Å²) in [5.74, 6) is -1.13. The minimum Gasteiger partial charge on any atom is -0.462 e. The van der Waals surface area contributed by atoms with Crippen molar-refractivity contribution in [3.05, 3.63) is 24.3 Å². The lowest BCUT2D eigenvalue weighted by atomic mass is 9.85. The number of unbranched alkanes of at least 4 members (excludes halogenated alkanes) is 35. The fraction of sp³-hybridized carbons (Fsp3) is 0.897. The molecule has 14 heteroatoms. The molecule has 8 atom stereocenters. The number of esters is 2. The molecule has 0 bridgehead atoms. The van der Waals surface area contributed by atoms with Crippen molar-refractivity contribution in [2.24, 2.45) is 0 Å². The number of phosphoric acid groups is 1. The number of carbonyl (C=O) groups excluding carboxylic acids is 2. The number of allylic oxidation sites excluding steroid dienone is 4. The SMILES string of the molecule is CCCCCCCCCCCCCCCC/C=C/CC/C=C/CCCC(=O)O[C@H](COC(=O)CCCCCCCCCCCCCCCCCCCCCC)COP(=O)(O)OC1C(O)C(O)C(O)[C@@H](O)C1O. The predicted octanol–water partition coefficient (Wildman–Crippen LogP) is 13.9. The summed E-state index contributed by atoms with van der Waals surface area (Å²) in [6, 6.07) is 0. The minimum atomic E-state index is -5.13. The van der Waals surface area contributed by atoms with Crippen molar-refractivity contribution in [3.8, 4) is 0 Å². The average molecular weight is 1050 g/mol. The Hall–Kier alpha value is -1.67. The molecule has 0 aromatic carbocycles. The number of aliphatic hydroxyl groups excluding tert-OH is 5. The van der Waals surface area contributed by atoms with Crippen LogP contribution >= 0.6 is 7.82 Å². The van der Waals surface area contributed by atoms with Crippen LogP contribution in [0, 0.1) is 0 Å². The normalized spacial score (nSPS) is 20.6. The molecule has 1 rings (SSSR count). The van der Waals surface area contributed by atoms with E-state index in [1.807, 2.05) is 6.08 Å². The summed E-state index contributed by atoms with van der Waals surface area (Å²) >= 11 is 0. The second-order valence-electron chi connectivity index (χ2n) is 20.8. The second-order valence-corrected chi connectivity index (χ2v) is 22.3. The van der Waals surface area contributed by atoms with Crippen molar-refractivity contribution in [1.29, 1.82) is 0 Å². The molecule has 1 fully saturated rings. The standard InChI is InChI=1S/C58H109O13P/c1-3-5-7-9-11-13-15-17-19-21-23-25-26-27-29-31-33-35-37-39-41-43-45-47-52(60)70-50(49-69-72(66,67)71-58-56(64)54(62)53(61)55(63)57(58)65)48-68-51(59)46-44-42-40-38-36-34-32-30-28-24-22-20-18-16-14-12-10-8-6-4-2/h31,33,39,41,50,53-58,61-65H,3-30,32,34-38,40,42-49H2,1-2H3,(H,66,67)/b33-31+,41-39+/t50-,53?,54-,55?,56?,57?,58?/m1/s1. The average Bonchev–Trinajstić information content (AvgIpc) is 3.36. The first-order valence-electron chi connectivity index (χ1n) is 29.6. The van der Waals surface area contributed by atoms with Crippen LogP contribution in [0.3, 0.4) is 0 Å². The molecule has 6 unspecified atom stereocenters. The van der Waals surface area contributed by atoms with Crippen molar-refractivity contribution >= 4 is 19.8 Å². The number of carbonyl (C=O) groups is 2. The largest absolute Gasteiger partial charge is 0.472 e. The zero-order valence-electron chi connectivity index (χ0n) is 45.7. The van der Waals surface area contributed by atoms with Gasteiger partial charge in [-0.15, -0.1) is 0 Å². The molecule has 1 aliphatic carbocycles. The molecule has 0 heterocycles. The predicted molar refractivity (Wildman–Crippen MR) is 290 cm³/mol. The Kier molecular flexibility index (Phi) is 45.3. The summed E-state index contributed by atoms with van der Waals surface area (Å²) < 4.78 is 33.7. The van der Waals surface area contributed by atoms with Gasteiger partial charge in [0.25, 0.3) is 0 Å². The van der Waals surface area contributed by atoms with Gasteiger partial charge >= 0.3 is 19.8 Å². The summed E-state index contributed by atoms with van der Waals surface area (Å²) in [5.41, 5.74) is 0. The van der Waals surface area contributed by atoms with E-state index in [0.29, 0.717) is 19.3 Å². The fourth-order valence-corrected chi connectivity index (χ4v) is 10.3. The van der Waals surface area contributed by atoms with Crippen LogP contribution in [0.15, 0.2) is 24.3 Å². The fourth-order valence-electron chi connectivity index (χ4n) is 9.31. The zero-order valence-corrected chi connectivity index (χ0v) is 46.6. The summed E-state index contributed by atoms with van der Waals surface area (Å²) in [6.45, 7) is 3.34. The Bertz CT molecular complexity index is 1350. The van der Waals surface area contributed by atoms with Crippen molar-refractivity contribution in [2.75, 3.05) is 13.2 Å². The van der Waals surface area contributed by atoms with E-state index in [-0.39, 0.29) is 12.8 Å². The molecule has 1 saturated carbocycles. The van der Waals surface area contributed by atoms with Gasteiger partial charge in [-0.3, -0.25) is 18.6 Å². The van der Waals surface area contributed by atoms with Crippen LogP contribution in [0.1, 0.15) is 277 Å². The van der Waals surface area contributed by atoms with Crippen LogP contribution in [0.25, 0.3) is 0 Å². The van der Waals surface area contributed by atoms with Crippen LogP contribution in [-0.4, -0.2) is 98.3 Å². The van der Waals surface area contributed by atoms with Gasteiger partial charge in [0, 0.05) is 12.8 Å². The van der Waals surface area contributed by atoms with Gasteiger partial charge in [0.05, 0.1) is 6.61 Å². The molecule has 13 nitrogen and oxygen atoms in total. The van der Waals surface area contributed by atoms with Crippen LogP contribution in [0.5, 0.6) is 0 Å². The monoisotopic (exact) mass is 1040 g/mol. The molecule has 0 aromatic heterocycles. The third kappa shape index (κ3) is 38.8. The van der Waals surface area contributed by atoms with Gasteiger partial charge in [0.1, 0.15) is 43.2 Å². The van der Waals surface area contributed by atoms with Gasteiger partial charge in [-0.1, -0.05) is 244 Å². The number of hydrogen-bond donors (Lipinski definition) is 6. The summed E-state index contributed by atoms with van der Waals surface area (Å²) in [4.78, 5) is 36.0. The molecule has 0 amide bonds. The first-order valence-corrected chi connectivity index (χ1v) is 31.1. The highest BCUT2D eigenvalue weighted by Gasteiger charge is 2.51. The van der Waals surface area contributed by atoms with E-state index in [4.69, 9.17) is 18.5 Å². The van der Waals surface area contributed by atoms with Gasteiger partial charge in [-0.25, -0.2) is 4.57 Å². The lowest BCUT2D eigenvalue weighted by Crippen LogP contribution is -2.64. The maximum atomic E-state index is 12.9. The molecule has 1 aliphatic rings. The van der Waals surface area contributed by atoms with Gasteiger partial charge in [-0.05, 0) is 44.9 Å². The highest BCUT2D eigenvalue weighted by Crippen LogP contribution is 2.47. The van der Waals surface area contributed by atoms with Crippen LogP contribution < -0.4 is 0 Å². The second kappa shape index (κ2) is 47.8. The number of aliphatic hydroxyl groups is 5. The maximum absolute atomic E-state index is 12.9. The van der Waals surface area contributed by atoms with Crippen molar-refractivity contribution in [2.45, 2.75) is 320 Å². The van der Waals surface area contributed by atoms with Crippen molar-refractivity contribution in [3.63, 3.8) is 0 Å².